The number of anilines is 1. The molecule has 2 unspecified atom stereocenters. The number of benzene rings is 2. The molecule has 0 heterocycles. The van der Waals surface area contributed by atoms with Crippen LogP contribution in [0.15, 0.2) is 48.6 Å². The number of nitrogens with one attached hydrogen (secondary N) is 1. The van der Waals surface area contributed by atoms with Crippen molar-refractivity contribution in [1.82, 2.24) is 0 Å². The zero-order valence-electron chi connectivity index (χ0n) is 16.2. The van der Waals surface area contributed by atoms with Crippen molar-refractivity contribution in [2.45, 2.75) is 6.42 Å². The Labute approximate surface area is 174 Å². The molecule has 0 amide bonds. The number of methoxy groups -OCH3 is 1. The Bertz CT molecular complexity index is 865. The highest BCUT2D eigenvalue weighted by Crippen LogP contribution is 2.30. The monoisotopic (exact) mass is 431 g/mol. The van der Waals surface area contributed by atoms with Gasteiger partial charge in [-0.2, -0.15) is 0 Å². The van der Waals surface area contributed by atoms with Gasteiger partial charge in [0, 0.05) is 7.05 Å². The normalized spacial score (nSPS) is 10.9. The third kappa shape index (κ3) is 6.70. The lowest BCUT2D eigenvalue weighted by Crippen LogP contribution is -2.02. The molecular weight excluding hydrogens is 408 g/mol. The summed E-state index contributed by atoms with van der Waals surface area (Å²) in [7, 11) is 7.66. The summed E-state index contributed by atoms with van der Waals surface area (Å²) in [5.74, 6) is 1.23. The molecule has 2 rings (SSSR count). The molecule has 0 aliphatic heterocycles. The van der Waals surface area contributed by atoms with Crippen molar-refractivity contribution >= 4 is 48.3 Å². The van der Waals surface area contributed by atoms with Gasteiger partial charge in [0.2, 0.25) is 0 Å². The van der Waals surface area contributed by atoms with E-state index in [9.17, 15) is 9.59 Å². The Morgan fingerprint density at radius 3 is 1.97 bits per heavy atom. The lowest BCUT2D eigenvalue weighted by molar-refractivity contribution is -0.121. The lowest BCUT2D eigenvalue weighted by Gasteiger charge is -2.08. The first-order valence-electron chi connectivity index (χ1n) is 8.65. The van der Waals surface area contributed by atoms with E-state index in [0.29, 0.717) is 17.2 Å². The topological polar surface area (TPSA) is 73.9 Å². The van der Waals surface area contributed by atoms with Crippen LogP contribution in [0.3, 0.4) is 0 Å². The average Bonchev–Trinajstić information content (AvgIpc) is 2.75. The first kappa shape index (κ1) is 22.6. The maximum absolute atomic E-state index is 12.1. The van der Waals surface area contributed by atoms with Crippen molar-refractivity contribution < 1.29 is 23.4 Å². The van der Waals surface area contributed by atoms with E-state index in [1.54, 1.807) is 43.5 Å². The van der Waals surface area contributed by atoms with Crippen molar-refractivity contribution in [3.63, 3.8) is 0 Å². The average molecular weight is 431 g/mol. The van der Waals surface area contributed by atoms with Crippen LogP contribution in [-0.4, -0.2) is 25.7 Å². The maximum atomic E-state index is 12.1. The van der Waals surface area contributed by atoms with Crippen molar-refractivity contribution in [3.8, 4) is 17.2 Å². The van der Waals surface area contributed by atoms with E-state index in [2.05, 4.69) is 24.3 Å². The molecule has 29 heavy (non-hydrogen) atoms. The van der Waals surface area contributed by atoms with Crippen molar-refractivity contribution in [2.75, 3.05) is 19.5 Å². The minimum Gasteiger partial charge on any atom is -0.493 e. The number of hydrogen-bond donors (Lipinski definition) is 1. The van der Waals surface area contributed by atoms with Crippen LogP contribution in [0.4, 0.5) is 5.69 Å². The van der Waals surface area contributed by atoms with Crippen LogP contribution < -0.4 is 19.1 Å². The van der Waals surface area contributed by atoms with E-state index < -0.39 is 0 Å². The van der Waals surface area contributed by atoms with Gasteiger partial charge in [0.05, 0.1) is 38.2 Å². The second-order valence-electron chi connectivity index (χ2n) is 5.93. The van der Waals surface area contributed by atoms with Gasteiger partial charge in [0.25, 0.3) is 0 Å². The molecule has 2 aromatic carbocycles. The van der Waals surface area contributed by atoms with E-state index >= 15 is 0 Å². The Hall–Kier alpha value is -2.68. The number of carbonyl (C=O) groups excluding carboxylic acids is 2. The van der Waals surface area contributed by atoms with Gasteiger partial charge in [-0.15, -0.1) is 0 Å². The molecule has 1 N–H and O–H groups in total. The largest absolute Gasteiger partial charge is 0.493 e. The molecule has 152 valence electrons. The van der Waals surface area contributed by atoms with Gasteiger partial charge in [0.15, 0.2) is 23.1 Å². The predicted octanol–water partition coefficient (Wildman–Crippen LogP) is 4.33. The molecule has 8 heteroatoms. The molecule has 0 spiro atoms. The van der Waals surface area contributed by atoms with Crippen LogP contribution in [0.25, 0.3) is 12.2 Å². The zero-order valence-corrected chi connectivity index (χ0v) is 18.5. The molecule has 0 bridgehead atoms. The molecule has 0 fully saturated rings. The first-order chi connectivity index (χ1) is 14.0. The molecule has 0 aliphatic carbocycles. The van der Waals surface area contributed by atoms with Crippen LogP contribution >= 0.6 is 18.9 Å². The summed E-state index contributed by atoms with van der Waals surface area (Å²) in [4.78, 5) is 24.1. The number of allylic oxidation sites excluding steroid dienone is 2. The standard InChI is InChI=1S/C21H23NO5P2/c1-22-18-11-14(5-9-19(18)26-28)3-7-16(23)13-17(24)8-4-15-6-10-20(27-29)21(12-15)25-2/h3-12,22H,13,28-29H2,1-2H3/b7-3+,8-4+. The van der Waals surface area contributed by atoms with E-state index in [0.717, 1.165) is 16.8 Å². The Morgan fingerprint density at radius 1 is 0.897 bits per heavy atom. The number of ketones is 2. The quantitative estimate of drug-likeness (QED) is 0.343. The second kappa shape index (κ2) is 11.4. The fraction of sp³-hybridized carbons (Fsp3) is 0.143. The van der Waals surface area contributed by atoms with Crippen LogP contribution in [-0.2, 0) is 9.59 Å². The number of hydrogen-bond acceptors (Lipinski definition) is 6. The number of ether oxygens (including phenoxy) is 1. The molecule has 6 nitrogen and oxygen atoms in total. The van der Waals surface area contributed by atoms with E-state index in [4.69, 9.17) is 13.8 Å². The summed E-state index contributed by atoms with van der Waals surface area (Å²) < 4.78 is 15.5. The van der Waals surface area contributed by atoms with Crippen LogP contribution in [0.5, 0.6) is 17.2 Å². The Kier molecular flexibility index (Phi) is 8.85. The van der Waals surface area contributed by atoms with Crippen molar-refractivity contribution in [3.05, 3.63) is 59.7 Å². The predicted molar refractivity (Wildman–Crippen MR) is 122 cm³/mol. The van der Waals surface area contributed by atoms with E-state index in [1.165, 1.54) is 19.3 Å². The van der Waals surface area contributed by atoms with Crippen LogP contribution in [0.2, 0.25) is 0 Å². The fourth-order valence-corrected chi connectivity index (χ4v) is 2.90. The highest BCUT2D eigenvalue weighted by molar-refractivity contribution is 7.10. The van der Waals surface area contributed by atoms with Gasteiger partial charge in [-0.3, -0.25) is 9.59 Å². The van der Waals surface area contributed by atoms with Gasteiger partial charge in [-0.1, -0.05) is 24.3 Å². The smallest absolute Gasteiger partial charge is 0.164 e. The van der Waals surface area contributed by atoms with E-state index in [1.807, 2.05) is 12.1 Å². The molecule has 2 aromatic rings. The molecule has 0 radical (unpaired) electrons. The molecular formula is C21H23NO5P2. The van der Waals surface area contributed by atoms with Gasteiger partial charge in [-0.05, 0) is 47.5 Å². The highest BCUT2D eigenvalue weighted by Gasteiger charge is 2.06. The van der Waals surface area contributed by atoms with E-state index in [-0.39, 0.29) is 18.0 Å². The fourth-order valence-electron chi connectivity index (χ4n) is 2.50. The number of rotatable bonds is 10. The third-order valence-electron chi connectivity index (χ3n) is 3.99. The number of carbonyl (C=O) groups is 2. The van der Waals surface area contributed by atoms with Gasteiger partial charge < -0.3 is 19.1 Å². The lowest BCUT2D eigenvalue weighted by atomic mass is 10.1. The van der Waals surface area contributed by atoms with Gasteiger partial charge in [-0.25, -0.2) is 0 Å². The van der Waals surface area contributed by atoms with Crippen molar-refractivity contribution in [1.29, 1.82) is 0 Å². The summed E-state index contributed by atoms with van der Waals surface area (Å²) in [5, 5.41) is 3.02. The van der Waals surface area contributed by atoms with Gasteiger partial charge >= 0.3 is 0 Å². The van der Waals surface area contributed by atoms with Crippen LogP contribution in [0, 0.1) is 0 Å². The Balaban J connectivity index is 1.97. The highest BCUT2D eigenvalue weighted by atomic mass is 31.0. The molecule has 2 atom stereocenters. The SMILES string of the molecule is CNc1cc(/C=C/C(=O)CC(=O)/C=C/c2ccc(OP)c(OC)c2)ccc1OP. The van der Waals surface area contributed by atoms with Crippen molar-refractivity contribution in [2.24, 2.45) is 0 Å². The summed E-state index contributed by atoms with van der Waals surface area (Å²) in [6, 6.07) is 10.7. The summed E-state index contributed by atoms with van der Waals surface area (Å²) in [5.41, 5.74) is 2.38. The van der Waals surface area contributed by atoms with Gasteiger partial charge in [0.1, 0.15) is 5.75 Å². The minimum absolute atomic E-state index is 0.206. The second-order valence-corrected chi connectivity index (χ2v) is 6.40. The van der Waals surface area contributed by atoms with Crippen LogP contribution in [0.1, 0.15) is 17.5 Å². The zero-order chi connectivity index (χ0) is 21.2. The summed E-state index contributed by atoms with van der Waals surface area (Å²) in [6.07, 6.45) is 5.87. The summed E-state index contributed by atoms with van der Waals surface area (Å²) in [6.45, 7) is 0. The first-order valence-corrected chi connectivity index (χ1v) is 9.60. The maximum Gasteiger partial charge on any atom is 0.164 e. The summed E-state index contributed by atoms with van der Waals surface area (Å²) >= 11 is 0. The molecule has 0 saturated heterocycles. The molecule has 0 saturated carbocycles. The third-order valence-corrected chi connectivity index (χ3v) is 4.49. The minimum atomic E-state index is -0.285. The molecule has 0 aliphatic rings. The Morgan fingerprint density at radius 2 is 1.45 bits per heavy atom. The molecule has 0 aromatic heterocycles.